The van der Waals surface area contributed by atoms with Gasteiger partial charge in [-0.05, 0) is 18.8 Å². The summed E-state index contributed by atoms with van der Waals surface area (Å²) in [6, 6.07) is 0.163. The third-order valence-corrected chi connectivity index (χ3v) is 3.57. The summed E-state index contributed by atoms with van der Waals surface area (Å²) in [4.78, 5) is 14.3. The van der Waals surface area contributed by atoms with Crippen LogP contribution in [0.2, 0.25) is 0 Å². The molecule has 0 unspecified atom stereocenters. The monoisotopic (exact) mass is 236 g/mol. The number of nitrogens with two attached hydrogens (primary N) is 1. The van der Waals surface area contributed by atoms with Crippen molar-refractivity contribution in [1.82, 2.24) is 14.7 Å². The predicted molar refractivity (Wildman–Crippen MR) is 65.5 cm³/mol. The van der Waals surface area contributed by atoms with E-state index >= 15 is 0 Å². The second-order valence-corrected chi connectivity index (χ2v) is 4.82. The van der Waals surface area contributed by atoms with Gasteiger partial charge in [0.25, 0.3) is 5.91 Å². The van der Waals surface area contributed by atoms with Gasteiger partial charge < -0.3 is 10.6 Å². The van der Waals surface area contributed by atoms with Crippen LogP contribution in [0.1, 0.15) is 30.1 Å². The molecule has 1 aliphatic rings. The molecule has 1 saturated heterocycles. The summed E-state index contributed by atoms with van der Waals surface area (Å²) in [6.45, 7) is 3.51. The van der Waals surface area contributed by atoms with E-state index in [0.717, 1.165) is 19.4 Å². The van der Waals surface area contributed by atoms with E-state index in [4.69, 9.17) is 5.73 Å². The van der Waals surface area contributed by atoms with Gasteiger partial charge in [0, 0.05) is 32.4 Å². The largest absolute Gasteiger partial charge is 0.334 e. The summed E-state index contributed by atoms with van der Waals surface area (Å²) in [7, 11) is 1.82. The van der Waals surface area contributed by atoms with Gasteiger partial charge >= 0.3 is 0 Å². The van der Waals surface area contributed by atoms with Crippen molar-refractivity contribution in [2.24, 2.45) is 18.7 Å². The quantitative estimate of drug-likeness (QED) is 0.818. The fraction of sp³-hybridized carbons (Fsp3) is 0.667. The van der Waals surface area contributed by atoms with E-state index in [0.29, 0.717) is 18.0 Å². The number of carbonyl (C=O) groups is 1. The number of piperidine rings is 1. The van der Waals surface area contributed by atoms with Gasteiger partial charge in [0.2, 0.25) is 0 Å². The van der Waals surface area contributed by atoms with E-state index in [9.17, 15) is 4.79 Å². The molecule has 94 valence electrons. The molecule has 0 bridgehead atoms. The molecule has 1 aliphatic heterocycles. The molecule has 0 aliphatic carbocycles. The highest BCUT2D eigenvalue weighted by Gasteiger charge is 2.31. The van der Waals surface area contributed by atoms with Gasteiger partial charge in [0.1, 0.15) is 0 Å². The number of hydrogen-bond donors (Lipinski definition) is 1. The Labute approximate surface area is 102 Å². The standard InChI is InChI=1S/C12H20N4O/c1-9-4-3-5-16(11(9)6-13)12(17)10-7-14-15(2)8-10/h7-9,11H,3-6,13H2,1-2H3/t9-,11+/m1/s1. The van der Waals surface area contributed by atoms with Crippen LogP contribution in [0.3, 0.4) is 0 Å². The zero-order valence-corrected chi connectivity index (χ0v) is 10.5. The van der Waals surface area contributed by atoms with E-state index in [1.165, 1.54) is 0 Å². The van der Waals surface area contributed by atoms with Crippen molar-refractivity contribution < 1.29 is 4.79 Å². The van der Waals surface area contributed by atoms with Crippen molar-refractivity contribution >= 4 is 5.91 Å². The molecular formula is C12H20N4O. The molecule has 2 N–H and O–H groups in total. The SMILES string of the molecule is C[C@@H]1CCCN(C(=O)c2cnn(C)c2)[C@H]1CN. The van der Waals surface area contributed by atoms with Crippen LogP contribution in [-0.2, 0) is 7.05 Å². The van der Waals surface area contributed by atoms with Gasteiger partial charge in [-0.15, -0.1) is 0 Å². The molecule has 5 nitrogen and oxygen atoms in total. The number of likely N-dealkylation sites (tertiary alicyclic amines) is 1. The Hall–Kier alpha value is -1.36. The Bertz CT molecular complexity index is 401. The molecular weight excluding hydrogens is 216 g/mol. The fourth-order valence-electron chi connectivity index (χ4n) is 2.56. The van der Waals surface area contributed by atoms with Crippen LogP contribution in [0.25, 0.3) is 0 Å². The average molecular weight is 236 g/mol. The second-order valence-electron chi connectivity index (χ2n) is 4.82. The summed E-state index contributed by atoms with van der Waals surface area (Å²) >= 11 is 0. The normalized spacial score (nSPS) is 25.0. The topological polar surface area (TPSA) is 64.2 Å². The Morgan fingerprint density at radius 1 is 1.65 bits per heavy atom. The van der Waals surface area contributed by atoms with Crippen molar-refractivity contribution in [3.8, 4) is 0 Å². The molecule has 2 heterocycles. The van der Waals surface area contributed by atoms with Crippen molar-refractivity contribution in [2.45, 2.75) is 25.8 Å². The first-order valence-electron chi connectivity index (χ1n) is 6.13. The van der Waals surface area contributed by atoms with E-state index in [2.05, 4.69) is 12.0 Å². The predicted octanol–water partition coefficient (Wildman–Crippen LogP) is 0.620. The van der Waals surface area contributed by atoms with E-state index in [1.54, 1.807) is 17.1 Å². The van der Waals surface area contributed by atoms with Gasteiger partial charge in [0.15, 0.2) is 0 Å². The third-order valence-electron chi connectivity index (χ3n) is 3.57. The number of amides is 1. The highest BCUT2D eigenvalue weighted by Crippen LogP contribution is 2.24. The summed E-state index contributed by atoms with van der Waals surface area (Å²) in [5.74, 6) is 0.537. The summed E-state index contributed by atoms with van der Waals surface area (Å²) in [5.41, 5.74) is 6.44. The maximum Gasteiger partial charge on any atom is 0.257 e. The van der Waals surface area contributed by atoms with Gasteiger partial charge in [-0.1, -0.05) is 6.92 Å². The van der Waals surface area contributed by atoms with Gasteiger partial charge in [0.05, 0.1) is 11.8 Å². The van der Waals surface area contributed by atoms with Crippen LogP contribution in [0.4, 0.5) is 0 Å². The lowest BCUT2D eigenvalue weighted by Gasteiger charge is -2.39. The minimum absolute atomic E-state index is 0.0556. The minimum atomic E-state index is 0.0556. The van der Waals surface area contributed by atoms with Crippen molar-refractivity contribution in [3.63, 3.8) is 0 Å². The first-order chi connectivity index (χ1) is 8.13. The molecule has 0 radical (unpaired) electrons. The van der Waals surface area contributed by atoms with Crippen LogP contribution in [0, 0.1) is 5.92 Å². The molecule has 17 heavy (non-hydrogen) atoms. The Balaban J connectivity index is 2.17. The van der Waals surface area contributed by atoms with Gasteiger partial charge in [-0.3, -0.25) is 9.48 Å². The Morgan fingerprint density at radius 2 is 2.41 bits per heavy atom. The summed E-state index contributed by atoms with van der Waals surface area (Å²) in [5, 5.41) is 4.04. The number of aromatic nitrogens is 2. The maximum absolute atomic E-state index is 12.3. The van der Waals surface area contributed by atoms with Crippen molar-refractivity contribution in [1.29, 1.82) is 0 Å². The van der Waals surface area contributed by atoms with Crippen molar-refractivity contribution in [2.75, 3.05) is 13.1 Å². The van der Waals surface area contributed by atoms with Crippen LogP contribution in [-0.4, -0.2) is 39.7 Å². The van der Waals surface area contributed by atoms with Crippen LogP contribution >= 0.6 is 0 Å². The third kappa shape index (κ3) is 2.34. The smallest absolute Gasteiger partial charge is 0.257 e. The molecule has 2 rings (SSSR count). The molecule has 0 aromatic carbocycles. The zero-order valence-electron chi connectivity index (χ0n) is 10.5. The van der Waals surface area contributed by atoms with E-state index in [-0.39, 0.29) is 11.9 Å². The Morgan fingerprint density at radius 3 is 3.00 bits per heavy atom. The molecule has 1 aromatic rings. The number of carbonyl (C=O) groups excluding carboxylic acids is 1. The number of hydrogen-bond acceptors (Lipinski definition) is 3. The van der Waals surface area contributed by atoms with Gasteiger partial charge in [-0.25, -0.2) is 0 Å². The average Bonchev–Trinajstić information content (AvgIpc) is 2.74. The zero-order chi connectivity index (χ0) is 12.4. The van der Waals surface area contributed by atoms with E-state index in [1.807, 2.05) is 11.9 Å². The number of nitrogens with zero attached hydrogens (tertiary/aromatic N) is 3. The first kappa shape index (κ1) is 12.1. The Kier molecular flexibility index (Phi) is 3.47. The molecule has 0 spiro atoms. The lowest BCUT2D eigenvalue weighted by molar-refractivity contribution is 0.0532. The van der Waals surface area contributed by atoms with E-state index < -0.39 is 0 Å². The summed E-state index contributed by atoms with van der Waals surface area (Å²) in [6.07, 6.45) is 5.59. The minimum Gasteiger partial charge on any atom is -0.334 e. The fourth-order valence-corrected chi connectivity index (χ4v) is 2.56. The van der Waals surface area contributed by atoms with Crippen LogP contribution in [0.15, 0.2) is 12.4 Å². The maximum atomic E-state index is 12.3. The molecule has 1 amide bonds. The molecule has 2 atom stereocenters. The lowest BCUT2D eigenvalue weighted by atomic mass is 9.90. The van der Waals surface area contributed by atoms with Crippen molar-refractivity contribution in [3.05, 3.63) is 18.0 Å². The van der Waals surface area contributed by atoms with Crippen LogP contribution < -0.4 is 5.73 Å². The van der Waals surface area contributed by atoms with Crippen LogP contribution in [0.5, 0.6) is 0 Å². The van der Waals surface area contributed by atoms with Gasteiger partial charge in [-0.2, -0.15) is 5.10 Å². The highest BCUT2D eigenvalue weighted by molar-refractivity contribution is 5.94. The summed E-state index contributed by atoms with van der Waals surface area (Å²) < 4.78 is 1.65. The number of aryl methyl sites for hydroxylation is 1. The first-order valence-corrected chi connectivity index (χ1v) is 6.13. The number of rotatable bonds is 2. The molecule has 1 aromatic heterocycles. The molecule has 5 heteroatoms. The lowest BCUT2D eigenvalue weighted by Crippen LogP contribution is -2.51. The highest BCUT2D eigenvalue weighted by atomic mass is 16.2. The second kappa shape index (κ2) is 4.87. The molecule has 0 saturated carbocycles. The molecule has 1 fully saturated rings.